The smallest absolute Gasteiger partial charge is 0.256 e. The molecule has 21 heavy (non-hydrogen) atoms. The second-order valence-corrected chi connectivity index (χ2v) is 5.02. The number of hydrogen-bond acceptors (Lipinski definition) is 4. The van der Waals surface area contributed by atoms with E-state index in [0.29, 0.717) is 32.9 Å². The van der Waals surface area contributed by atoms with Crippen LogP contribution >= 0.6 is 15.9 Å². The van der Waals surface area contributed by atoms with E-state index in [4.69, 9.17) is 15.2 Å². The monoisotopic (exact) mass is 350 g/mol. The van der Waals surface area contributed by atoms with Gasteiger partial charge < -0.3 is 20.5 Å². The molecule has 0 radical (unpaired) electrons. The molecule has 0 atom stereocenters. The summed E-state index contributed by atoms with van der Waals surface area (Å²) in [5.74, 6) is 0.885. The Morgan fingerprint density at radius 2 is 1.95 bits per heavy atom. The lowest BCUT2D eigenvalue weighted by Gasteiger charge is -2.12. The molecule has 6 heteroatoms. The molecule has 0 aliphatic heterocycles. The van der Waals surface area contributed by atoms with Crippen LogP contribution in [-0.4, -0.2) is 20.1 Å². The molecule has 0 aliphatic carbocycles. The Hall–Kier alpha value is -2.21. The Balaban J connectivity index is 2.29. The SMILES string of the molecule is COc1ccc(NC(=O)c2cccc(N)c2Br)c(OC)c1. The van der Waals surface area contributed by atoms with E-state index in [1.165, 1.54) is 7.11 Å². The molecule has 5 nitrogen and oxygen atoms in total. The normalized spacial score (nSPS) is 10.0. The van der Waals surface area contributed by atoms with Gasteiger partial charge in [-0.3, -0.25) is 4.79 Å². The first-order chi connectivity index (χ1) is 10.1. The third kappa shape index (κ3) is 3.28. The maximum atomic E-state index is 12.3. The van der Waals surface area contributed by atoms with Gasteiger partial charge in [0.1, 0.15) is 11.5 Å². The quantitative estimate of drug-likeness (QED) is 0.829. The summed E-state index contributed by atoms with van der Waals surface area (Å²) in [7, 11) is 3.09. The average molecular weight is 351 g/mol. The molecular formula is C15H15BrN2O3. The fourth-order valence-electron chi connectivity index (χ4n) is 1.82. The van der Waals surface area contributed by atoms with Gasteiger partial charge >= 0.3 is 0 Å². The fraction of sp³-hybridized carbons (Fsp3) is 0.133. The number of halogens is 1. The van der Waals surface area contributed by atoms with Crippen molar-refractivity contribution in [1.29, 1.82) is 0 Å². The largest absolute Gasteiger partial charge is 0.497 e. The van der Waals surface area contributed by atoms with Crippen LogP contribution in [-0.2, 0) is 0 Å². The van der Waals surface area contributed by atoms with E-state index in [1.54, 1.807) is 43.5 Å². The van der Waals surface area contributed by atoms with Gasteiger partial charge in [0.25, 0.3) is 5.91 Å². The summed E-state index contributed by atoms with van der Waals surface area (Å²) in [4.78, 5) is 12.3. The van der Waals surface area contributed by atoms with Crippen LogP contribution in [0, 0.1) is 0 Å². The summed E-state index contributed by atoms with van der Waals surface area (Å²) in [6.07, 6.45) is 0. The topological polar surface area (TPSA) is 73.6 Å². The van der Waals surface area contributed by atoms with Crippen molar-refractivity contribution < 1.29 is 14.3 Å². The van der Waals surface area contributed by atoms with Crippen molar-refractivity contribution in [2.24, 2.45) is 0 Å². The molecule has 0 unspecified atom stereocenters. The summed E-state index contributed by atoms with van der Waals surface area (Å²) in [5, 5.41) is 2.79. The third-order valence-electron chi connectivity index (χ3n) is 2.93. The molecule has 3 N–H and O–H groups in total. The van der Waals surface area contributed by atoms with Crippen LogP contribution in [0.5, 0.6) is 11.5 Å². The molecule has 0 saturated heterocycles. The van der Waals surface area contributed by atoms with Gasteiger partial charge in [-0.15, -0.1) is 0 Å². The molecule has 0 aliphatic rings. The zero-order valence-electron chi connectivity index (χ0n) is 11.6. The van der Waals surface area contributed by atoms with Crippen LogP contribution in [0.15, 0.2) is 40.9 Å². The second-order valence-electron chi connectivity index (χ2n) is 4.23. The molecule has 0 spiro atoms. The van der Waals surface area contributed by atoms with Crippen molar-refractivity contribution >= 4 is 33.2 Å². The highest BCUT2D eigenvalue weighted by Crippen LogP contribution is 2.30. The van der Waals surface area contributed by atoms with Crippen molar-refractivity contribution in [1.82, 2.24) is 0 Å². The van der Waals surface area contributed by atoms with E-state index in [2.05, 4.69) is 21.2 Å². The predicted molar refractivity (Wildman–Crippen MR) is 86.1 cm³/mol. The molecule has 1 amide bonds. The average Bonchev–Trinajstić information content (AvgIpc) is 2.50. The lowest BCUT2D eigenvalue weighted by molar-refractivity contribution is 0.102. The minimum atomic E-state index is -0.280. The van der Waals surface area contributed by atoms with Crippen LogP contribution in [0.1, 0.15) is 10.4 Å². The van der Waals surface area contributed by atoms with E-state index in [1.807, 2.05) is 0 Å². The number of carbonyl (C=O) groups excluding carboxylic acids is 1. The van der Waals surface area contributed by atoms with Gasteiger partial charge in [-0.05, 0) is 40.2 Å². The number of nitrogens with two attached hydrogens (primary N) is 1. The number of rotatable bonds is 4. The Bertz CT molecular complexity index is 674. The van der Waals surface area contributed by atoms with Gasteiger partial charge in [-0.25, -0.2) is 0 Å². The number of ether oxygens (including phenoxy) is 2. The van der Waals surface area contributed by atoms with Crippen molar-refractivity contribution in [2.45, 2.75) is 0 Å². The minimum absolute atomic E-state index is 0.280. The number of carbonyl (C=O) groups is 1. The van der Waals surface area contributed by atoms with Gasteiger partial charge in [0, 0.05) is 11.8 Å². The van der Waals surface area contributed by atoms with Crippen LogP contribution < -0.4 is 20.5 Å². The summed E-state index contributed by atoms with van der Waals surface area (Å²) >= 11 is 3.32. The first kappa shape index (κ1) is 15.2. The van der Waals surface area contributed by atoms with Gasteiger partial charge in [0.2, 0.25) is 0 Å². The number of nitrogen functional groups attached to an aromatic ring is 1. The molecule has 2 rings (SSSR count). The summed E-state index contributed by atoms with van der Waals surface area (Å²) in [6, 6.07) is 10.3. The van der Waals surface area contributed by atoms with E-state index in [-0.39, 0.29) is 5.91 Å². The zero-order chi connectivity index (χ0) is 15.4. The number of hydrogen-bond donors (Lipinski definition) is 2. The highest BCUT2D eigenvalue weighted by molar-refractivity contribution is 9.10. The maximum absolute atomic E-state index is 12.3. The number of nitrogens with one attached hydrogen (secondary N) is 1. The molecule has 0 fully saturated rings. The first-order valence-corrected chi connectivity index (χ1v) is 6.93. The van der Waals surface area contributed by atoms with Gasteiger partial charge in [0.15, 0.2) is 0 Å². The molecule has 2 aromatic carbocycles. The minimum Gasteiger partial charge on any atom is -0.497 e. The Morgan fingerprint density at radius 1 is 1.19 bits per heavy atom. The lowest BCUT2D eigenvalue weighted by atomic mass is 10.2. The highest BCUT2D eigenvalue weighted by atomic mass is 79.9. The third-order valence-corrected chi connectivity index (χ3v) is 3.82. The molecule has 0 aromatic heterocycles. The fourth-order valence-corrected chi connectivity index (χ4v) is 2.26. The van der Waals surface area contributed by atoms with E-state index >= 15 is 0 Å². The predicted octanol–water partition coefficient (Wildman–Crippen LogP) is 3.30. The summed E-state index contributed by atoms with van der Waals surface area (Å²) < 4.78 is 10.9. The summed E-state index contributed by atoms with van der Waals surface area (Å²) in [6.45, 7) is 0. The van der Waals surface area contributed by atoms with Crippen molar-refractivity contribution in [3.05, 3.63) is 46.4 Å². The molecule has 0 saturated carbocycles. The number of anilines is 2. The van der Waals surface area contributed by atoms with E-state index in [9.17, 15) is 4.79 Å². The Morgan fingerprint density at radius 3 is 2.62 bits per heavy atom. The van der Waals surface area contributed by atoms with Crippen LogP contribution in [0.25, 0.3) is 0 Å². The summed E-state index contributed by atoms with van der Waals surface area (Å²) in [5.41, 5.74) is 7.29. The highest BCUT2D eigenvalue weighted by Gasteiger charge is 2.14. The van der Waals surface area contributed by atoms with Crippen LogP contribution in [0.3, 0.4) is 0 Å². The Kier molecular flexibility index (Phi) is 4.70. The number of methoxy groups -OCH3 is 2. The number of benzene rings is 2. The molecule has 2 aromatic rings. The molecule has 0 heterocycles. The molecule has 0 bridgehead atoms. The molecular weight excluding hydrogens is 336 g/mol. The number of amides is 1. The van der Waals surface area contributed by atoms with Crippen molar-refractivity contribution in [3.8, 4) is 11.5 Å². The molecule has 110 valence electrons. The zero-order valence-corrected chi connectivity index (χ0v) is 13.2. The standard InChI is InChI=1S/C15H15BrN2O3/c1-20-9-6-7-12(13(8-9)21-2)18-15(19)10-4-3-5-11(17)14(10)16/h3-8H,17H2,1-2H3,(H,18,19). The van der Waals surface area contributed by atoms with Crippen molar-refractivity contribution in [2.75, 3.05) is 25.3 Å². The van der Waals surface area contributed by atoms with E-state index in [0.717, 1.165) is 0 Å². The van der Waals surface area contributed by atoms with Gasteiger partial charge in [-0.1, -0.05) is 6.07 Å². The van der Waals surface area contributed by atoms with Gasteiger partial charge in [-0.2, -0.15) is 0 Å². The lowest BCUT2D eigenvalue weighted by Crippen LogP contribution is -2.14. The van der Waals surface area contributed by atoms with Gasteiger partial charge in [0.05, 0.1) is 29.9 Å². The van der Waals surface area contributed by atoms with Crippen molar-refractivity contribution in [3.63, 3.8) is 0 Å². The second kappa shape index (κ2) is 6.49. The first-order valence-electron chi connectivity index (χ1n) is 6.14. The maximum Gasteiger partial charge on any atom is 0.256 e. The van der Waals surface area contributed by atoms with Crippen LogP contribution in [0.4, 0.5) is 11.4 Å². The van der Waals surface area contributed by atoms with E-state index < -0.39 is 0 Å². The van der Waals surface area contributed by atoms with Crippen LogP contribution in [0.2, 0.25) is 0 Å². The Labute approximate surface area is 131 Å².